The van der Waals surface area contributed by atoms with Crippen molar-refractivity contribution in [2.75, 3.05) is 7.05 Å². The summed E-state index contributed by atoms with van der Waals surface area (Å²) >= 11 is 0. The Hall–Kier alpha value is -2.09. The van der Waals surface area contributed by atoms with Gasteiger partial charge in [0.2, 0.25) is 0 Å². The molecule has 0 spiro atoms. The highest BCUT2D eigenvalue weighted by Crippen LogP contribution is 2.23. The van der Waals surface area contributed by atoms with Gasteiger partial charge in [-0.1, -0.05) is 17.3 Å². The molecule has 2 aromatic rings. The highest BCUT2D eigenvalue weighted by molar-refractivity contribution is 5.27. The molecule has 1 aromatic heterocycles. The molecule has 0 saturated heterocycles. The zero-order chi connectivity index (χ0) is 15.5. The summed E-state index contributed by atoms with van der Waals surface area (Å²) in [7, 11) is 3.69. The predicted molar refractivity (Wildman–Crippen MR) is 69.3 cm³/mol. The number of aryl methyl sites for hydroxylation is 1. The minimum Gasteiger partial charge on any atom is -0.406 e. The molecule has 0 saturated carbocycles. The van der Waals surface area contributed by atoms with E-state index in [0.717, 1.165) is 11.3 Å². The zero-order valence-corrected chi connectivity index (χ0v) is 11.6. The van der Waals surface area contributed by atoms with Crippen LogP contribution < -0.4 is 4.74 Å². The van der Waals surface area contributed by atoms with Gasteiger partial charge in [-0.05, 0) is 24.7 Å². The van der Waals surface area contributed by atoms with Crippen LogP contribution in [-0.4, -0.2) is 33.3 Å². The highest BCUT2D eigenvalue weighted by Gasteiger charge is 2.30. The zero-order valence-electron chi connectivity index (χ0n) is 11.6. The van der Waals surface area contributed by atoms with Crippen molar-refractivity contribution in [2.24, 2.45) is 7.05 Å². The summed E-state index contributed by atoms with van der Waals surface area (Å²) in [4.78, 5) is 1.99. The van der Waals surface area contributed by atoms with E-state index >= 15 is 0 Å². The lowest BCUT2D eigenvalue weighted by molar-refractivity contribution is -0.274. The minimum atomic E-state index is -4.66. The maximum Gasteiger partial charge on any atom is 0.573 e. The highest BCUT2D eigenvalue weighted by atomic mass is 19.4. The molecule has 0 N–H and O–H groups in total. The summed E-state index contributed by atoms with van der Waals surface area (Å²) in [6.07, 6.45) is -2.85. The largest absolute Gasteiger partial charge is 0.573 e. The third-order valence-corrected chi connectivity index (χ3v) is 2.69. The lowest BCUT2D eigenvalue weighted by Crippen LogP contribution is -2.18. The van der Waals surface area contributed by atoms with Crippen molar-refractivity contribution in [3.05, 3.63) is 41.7 Å². The van der Waals surface area contributed by atoms with Gasteiger partial charge < -0.3 is 4.74 Å². The summed E-state index contributed by atoms with van der Waals surface area (Å²) in [5.41, 5.74) is 1.72. The second-order valence-electron chi connectivity index (χ2n) is 4.75. The van der Waals surface area contributed by atoms with Crippen LogP contribution >= 0.6 is 0 Å². The van der Waals surface area contributed by atoms with Gasteiger partial charge in [-0.15, -0.1) is 18.3 Å². The Morgan fingerprint density at radius 2 is 1.86 bits per heavy atom. The fraction of sp³-hybridized carbons (Fsp3) is 0.385. The molecule has 1 aromatic carbocycles. The first-order valence-corrected chi connectivity index (χ1v) is 6.20. The van der Waals surface area contributed by atoms with Crippen LogP contribution in [0.25, 0.3) is 0 Å². The van der Waals surface area contributed by atoms with Crippen LogP contribution in [0.2, 0.25) is 0 Å². The lowest BCUT2D eigenvalue weighted by atomic mass is 10.2. The molecular formula is C13H15F3N4O. The van der Waals surface area contributed by atoms with Crippen LogP contribution in [0.3, 0.4) is 0 Å². The normalized spacial score (nSPS) is 11.9. The second-order valence-corrected chi connectivity index (χ2v) is 4.75. The second kappa shape index (κ2) is 6.13. The molecule has 114 valence electrons. The van der Waals surface area contributed by atoms with E-state index in [4.69, 9.17) is 0 Å². The molecule has 0 atom stereocenters. The molecule has 21 heavy (non-hydrogen) atoms. The molecule has 0 aliphatic rings. The van der Waals surface area contributed by atoms with Crippen molar-refractivity contribution in [3.8, 4) is 5.75 Å². The Kier molecular flexibility index (Phi) is 4.46. The SMILES string of the molecule is CN(Cc1ccc(OC(F)(F)F)cc1)Cc1cn(C)nn1. The molecule has 0 aliphatic carbocycles. The fourth-order valence-electron chi connectivity index (χ4n) is 1.91. The third kappa shape index (κ3) is 5.07. The number of halogens is 3. The maximum atomic E-state index is 12.1. The molecule has 8 heteroatoms. The smallest absolute Gasteiger partial charge is 0.406 e. The van der Waals surface area contributed by atoms with E-state index in [1.165, 1.54) is 12.1 Å². The fourth-order valence-corrected chi connectivity index (χ4v) is 1.91. The Morgan fingerprint density at radius 1 is 1.19 bits per heavy atom. The number of rotatable bonds is 5. The van der Waals surface area contributed by atoms with Crippen molar-refractivity contribution in [1.29, 1.82) is 0 Å². The van der Waals surface area contributed by atoms with Crippen molar-refractivity contribution in [3.63, 3.8) is 0 Å². The van der Waals surface area contributed by atoms with Gasteiger partial charge in [0, 0.05) is 26.3 Å². The van der Waals surface area contributed by atoms with Gasteiger partial charge in [-0.2, -0.15) is 0 Å². The van der Waals surface area contributed by atoms with E-state index in [1.807, 2.05) is 18.1 Å². The van der Waals surface area contributed by atoms with E-state index in [9.17, 15) is 13.2 Å². The van der Waals surface area contributed by atoms with E-state index in [-0.39, 0.29) is 5.75 Å². The van der Waals surface area contributed by atoms with Gasteiger partial charge in [0.15, 0.2) is 0 Å². The first-order valence-electron chi connectivity index (χ1n) is 6.20. The number of alkyl halides is 3. The van der Waals surface area contributed by atoms with Crippen LogP contribution in [0.1, 0.15) is 11.3 Å². The van der Waals surface area contributed by atoms with Gasteiger partial charge >= 0.3 is 6.36 Å². The monoisotopic (exact) mass is 300 g/mol. The first-order chi connectivity index (χ1) is 9.82. The summed E-state index contributed by atoms with van der Waals surface area (Å²) in [6, 6.07) is 5.82. The minimum absolute atomic E-state index is 0.220. The molecule has 0 unspecified atom stereocenters. The summed E-state index contributed by atoms with van der Waals surface area (Å²) < 4.78 is 41.6. The van der Waals surface area contributed by atoms with Crippen LogP contribution in [0.5, 0.6) is 5.75 Å². The molecule has 5 nitrogen and oxygen atoms in total. The number of nitrogens with zero attached hydrogens (tertiary/aromatic N) is 4. The molecule has 0 bridgehead atoms. The van der Waals surface area contributed by atoms with Gasteiger partial charge in [0.05, 0.1) is 5.69 Å². The van der Waals surface area contributed by atoms with Gasteiger partial charge in [0.25, 0.3) is 0 Å². The Balaban J connectivity index is 1.90. The van der Waals surface area contributed by atoms with Gasteiger partial charge in [-0.25, -0.2) is 0 Å². The van der Waals surface area contributed by atoms with Crippen molar-refractivity contribution in [2.45, 2.75) is 19.5 Å². The molecule has 0 amide bonds. The molecule has 1 heterocycles. The summed E-state index contributed by atoms with van der Waals surface area (Å²) in [5.74, 6) is -0.220. The van der Waals surface area contributed by atoms with Crippen molar-refractivity contribution in [1.82, 2.24) is 19.9 Å². The average molecular weight is 300 g/mol. The third-order valence-electron chi connectivity index (χ3n) is 2.69. The predicted octanol–water partition coefficient (Wildman–Crippen LogP) is 2.35. The van der Waals surface area contributed by atoms with Gasteiger partial charge in [-0.3, -0.25) is 9.58 Å². The van der Waals surface area contributed by atoms with Crippen LogP contribution in [0.4, 0.5) is 13.2 Å². The van der Waals surface area contributed by atoms with E-state index in [0.29, 0.717) is 13.1 Å². The number of ether oxygens (including phenoxy) is 1. The van der Waals surface area contributed by atoms with Crippen LogP contribution in [0.15, 0.2) is 30.5 Å². The Morgan fingerprint density at radius 3 is 2.38 bits per heavy atom. The number of hydrogen-bond acceptors (Lipinski definition) is 4. The number of hydrogen-bond donors (Lipinski definition) is 0. The Labute approximate surface area is 119 Å². The standard InChI is InChI=1S/C13H15F3N4O/c1-19(8-11-9-20(2)18-17-11)7-10-3-5-12(6-4-10)21-13(14,15)16/h3-6,9H,7-8H2,1-2H3. The molecule has 0 radical (unpaired) electrons. The molecular weight excluding hydrogens is 285 g/mol. The maximum absolute atomic E-state index is 12.1. The number of aromatic nitrogens is 3. The first kappa shape index (κ1) is 15.3. The van der Waals surface area contributed by atoms with Crippen LogP contribution in [0, 0.1) is 0 Å². The van der Waals surface area contributed by atoms with Crippen molar-refractivity contribution >= 4 is 0 Å². The van der Waals surface area contributed by atoms with E-state index in [1.54, 1.807) is 23.9 Å². The molecule has 0 fully saturated rings. The molecule has 2 rings (SSSR count). The van der Waals surface area contributed by atoms with E-state index in [2.05, 4.69) is 15.0 Å². The average Bonchev–Trinajstić information content (AvgIpc) is 2.75. The summed E-state index contributed by atoms with van der Waals surface area (Å²) in [6.45, 7) is 1.19. The molecule has 0 aliphatic heterocycles. The quantitative estimate of drug-likeness (QED) is 0.850. The van der Waals surface area contributed by atoms with Crippen molar-refractivity contribution < 1.29 is 17.9 Å². The topological polar surface area (TPSA) is 43.2 Å². The van der Waals surface area contributed by atoms with Crippen LogP contribution in [-0.2, 0) is 20.1 Å². The van der Waals surface area contributed by atoms with Gasteiger partial charge in [0.1, 0.15) is 5.75 Å². The lowest BCUT2D eigenvalue weighted by Gasteiger charge is -2.15. The van der Waals surface area contributed by atoms with E-state index < -0.39 is 6.36 Å². The summed E-state index contributed by atoms with van der Waals surface area (Å²) in [5, 5.41) is 7.82. The number of benzene rings is 1. The Bertz CT molecular complexity index is 580.